The maximum Gasteiger partial charge on any atom is 0.0315 e. The molecule has 245 valence electrons. The fourth-order valence-corrected chi connectivity index (χ4v) is 8.32. The van der Waals surface area contributed by atoms with Gasteiger partial charge < -0.3 is 0 Å². The zero-order valence-corrected chi connectivity index (χ0v) is 30.4. The van der Waals surface area contributed by atoms with Gasteiger partial charge in [0.25, 0.3) is 0 Å². The van der Waals surface area contributed by atoms with Gasteiger partial charge >= 0.3 is 0 Å². The van der Waals surface area contributed by atoms with E-state index in [0.29, 0.717) is 0 Å². The van der Waals surface area contributed by atoms with Crippen molar-refractivity contribution in [3.63, 3.8) is 0 Å². The Morgan fingerprint density at radius 3 is 1.80 bits per heavy atom. The summed E-state index contributed by atoms with van der Waals surface area (Å²) < 4.78 is 0. The Morgan fingerprint density at radius 2 is 1.20 bits per heavy atom. The van der Waals surface area contributed by atoms with Crippen molar-refractivity contribution in [3.8, 4) is 22.3 Å². The summed E-state index contributed by atoms with van der Waals surface area (Å²) in [5.41, 5.74) is 18.1. The van der Waals surface area contributed by atoms with Gasteiger partial charge in [0.15, 0.2) is 0 Å². The molecule has 0 heterocycles. The number of hydrogen-bond acceptors (Lipinski definition) is 0. The molecule has 1 radical (unpaired) electrons. The maximum atomic E-state index is 4.06. The molecule has 0 heteroatoms. The standard InChI is InChI=1S/C50H45/c1-32-28-41-38(33-18-11-8-12-19-33)24-17-25-40(41)45(32)47-43-30-36-29-37(49(2,3)4)26-27-39(36)42(43)31-44(48(47)50(5,6)7)46(34-20-13-9-14-21-34)35-22-15-10-16-23-35/h8-29,31,45H,1-7H3. The van der Waals surface area contributed by atoms with Gasteiger partial charge in [-0.15, -0.1) is 0 Å². The van der Waals surface area contributed by atoms with Crippen molar-refractivity contribution in [2.24, 2.45) is 0 Å². The first-order valence-corrected chi connectivity index (χ1v) is 18.0. The summed E-state index contributed by atoms with van der Waals surface area (Å²) in [6.45, 7) is 16.4. The molecule has 0 saturated heterocycles. The summed E-state index contributed by atoms with van der Waals surface area (Å²) in [5, 5.41) is 2.55. The van der Waals surface area contributed by atoms with Crippen LogP contribution in [0.3, 0.4) is 0 Å². The van der Waals surface area contributed by atoms with Crippen LogP contribution in [0.4, 0.5) is 0 Å². The Morgan fingerprint density at radius 1 is 0.580 bits per heavy atom. The van der Waals surface area contributed by atoms with E-state index in [2.05, 4.69) is 194 Å². The smallest absolute Gasteiger partial charge is 0.0315 e. The number of rotatable bonds is 4. The van der Waals surface area contributed by atoms with E-state index in [4.69, 9.17) is 0 Å². The zero-order valence-electron chi connectivity index (χ0n) is 30.4. The van der Waals surface area contributed by atoms with Crippen molar-refractivity contribution in [1.82, 2.24) is 0 Å². The minimum absolute atomic E-state index is 0.0508. The normalized spacial score (nSPS) is 14.8. The van der Waals surface area contributed by atoms with Gasteiger partial charge in [-0.25, -0.2) is 0 Å². The Bertz CT molecular complexity index is 2370. The van der Waals surface area contributed by atoms with E-state index < -0.39 is 0 Å². The molecule has 0 nitrogen and oxygen atoms in total. The summed E-state index contributed by atoms with van der Waals surface area (Å²) in [4.78, 5) is 0. The molecule has 0 N–H and O–H groups in total. The zero-order chi connectivity index (χ0) is 34.8. The van der Waals surface area contributed by atoms with Crippen LogP contribution in [-0.2, 0) is 10.8 Å². The summed E-state index contributed by atoms with van der Waals surface area (Å²) in [6.07, 6.45) is 6.51. The summed E-state index contributed by atoms with van der Waals surface area (Å²) in [7, 11) is 0. The molecule has 6 aromatic carbocycles. The van der Waals surface area contributed by atoms with E-state index in [1.54, 1.807) is 0 Å². The monoisotopic (exact) mass is 645 g/mol. The Balaban J connectivity index is 1.55. The predicted octanol–water partition coefficient (Wildman–Crippen LogP) is 11.4. The minimum Gasteiger partial charge on any atom is -0.0622 e. The van der Waals surface area contributed by atoms with Gasteiger partial charge in [-0.1, -0.05) is 175 Å². The van der Waals surface area contributed by atoms with Crippen molar-refractivity contribution in [2.75, 3.05) is 0 Å². The van der Waals surface area contributed by atoms with Crippen LogP contribution in [0.25, 0.3) is 40.0 Å². The van der Waals surface area contributed by atoms with E-state index in [0.717, 1.165) is 0 Å². The first-order chi connectivity index (χ1) is 24.0. The number of benzene rings is 6. The topological polar surface area (TPSA) is 0 Å². The van der Waals surface area contributed by atoms with Crippen LogP contribution in [-0.4, -0.2) is 0 Å². The molecule has 0 fully saturated rings. The molecular weight excluding hydrogens is 601 g/mol. The highest BCUT2D eigenvalue weighted by molar-refractivity contribution is 5.89. The van der Waals surface area contributed by atoms with Gasteiger partial charge in [-0.2, -0.15) is 0 Å². The van der Waals surface area contributed by atoms with Crippen molar-refractivity contribution in [2.45, 2.75) is 65.2 Å². The van der Waals surface area contributed by atoms with Crippen LogP contribution in [0.15, 0.2) is 139 Å². The molecule has 0 saturated carbocycles. The van der Waals surface area contributed by atoms with E-state index in [1.807, 2.05) is 0 Å². The predicted molar refractivity (Wildman–Crippen MR) is 213 cm³/mol. The lowest BCUT2D eigenvalue weighted by atomic mass is 9.73. The molecule has 0 bridgehead atoms. The summed E-state index contributed by atoms with van der Waals surface area (Å²) >= 11 is 0. The molecule has 0 aliphatic heterocycles. The third-order valence-electron chi connectivity index (χ3n) is 10.6. The number of allylic oxidation sites excluding steroid dienone is 1. The fraction of sp³-hybridized carbons (Fsp3) is 0.200. The first-order valence-electron chi connectivity index (χ1n) is 18.0. The van der Waals surface area contributed by atoms with Crippen molar-refractivity contribution < 1.29 is 0 Å². The van der Waals surface area contributed by atoms with Crippen LogP contribution in [0.1, 0.15) is 98.9 Å². The van der Waals surface area contributed by atoms with Crippen molar-refractivity contribution in [1.29, 1.82) is 0 Å². The molecule has 6 aromatic rings. The lowest BCUT2D eigenvalue weighted by molar-refractivity contribution is 0.575. The van der Waals surface area contributed by atoms with Crippen LogP contribution < -0.4 is 10.4 Å². The molecule has 50 heavy (non-hydrogen) atoms. The molecule has 1 unspecified atom stereocenters. The minimum atomic E-state index is -0.165. The van der Waals surface area contributed by atoms with Crippen LogP contribution in [0.5, 0.6) is 0 Å². The second-order valence-electron chi connectivity index (χ2n) is 16.1. The second-order valence-corrected chi connectivity index (χ2v) is 16.1. The second kappa shape index (κ2) is 12.0. The Hall–Kier alpha value is -5.20. The van der Waals surface area contributed by atoms with Gasteiger partial charge in [-0.05, 0) is 119 Å². The largest absolute Gasteiger partial charge is 0.0622 e. The van der Waals surface area contributed by atoms with Crippen LogP contribution >= 0.6 is 0 Å². The third-order valence-corrected chi connectivity index (χ3v) is 10.6. The number of hydrogen-bond donors (Lipinski definition) is 0. The molecule has 0 spiro atoms. The van der Waals surface area contributed by atoms with Crippen molar-refractivity contribution in [3.05, 3.63) is 194 Å². The highest BCUT2D eigenvalue weighted by Gasteiger charge is 2.35. The molecule has 1 atom stereocenters. The molecule has 0 amide bonds. The summed E-state index contributed by atoms with van der Waals surface area (Å²) in [6, 6.07) is 49.3. The van der Waals surface area contributed by atoms with Gasteiger partial charge in [0.1, 0.15) is 0 Å². The highest BCUT2D eigenvalue weighted by atomic mass is 14.4. The third kappa shape index (κ3) is 5.39. The van der Waals surface area contributed by atoms with E-state index in [-0.39, 0.29) is 16.7 Å². The van der Waals surface area contributed by atoms with Gasteiger partial charge in [0.2, 0.25) is 0 Å². The molecule has 0 aromatic heterocycles. The molecular formula is C50H45. The van der Waals surface area contributed by atoms with Crippen LogP contribution in [0, 0.1) is 0 Å². The summed E-state index contributed by atoms with van der Waals surface area (Å²) in [5.74, 6) is 0.105. The highest BCUT2D eigenvalue weighted by Crippen LogP contribution is 2.47. The molecule has 2 aliphatic carbocycles. The van der Waals surface area contributed by atoms with Crippen LogP contribution in [0.2, 0.25) is 0 Å². The average molecular weight is 646 g/mol. The van der Waals surface area contributed by atoms with Gasteiger partial charge in [0.05, 0.1) is 0 Å². The average Bonchev–Trinajstić information content (AvgIpc) is 3.64. The SMILES string of the molecule is CC1=Cc2c(-c3ccccc3)cccc2C1c1c(C(C)(C)C)c(=C(c2ccccc2)c2ccccc2)cc2c1=[C]c1cc(C(C)(C)C)ccc1-2. The lowest BCUT2D eigenvalue weighted by Gasteiger charge is -2.30. The van der Waals surface area contributed by atoms with E-state index >= 15 is 0 Å². The van der Waals surface area contributed by atoms with E-state index in [9.17, 15) is 0 Å². The number of fused-ring (bicyclic) bond motifs is 4. The quantitative estimate of drug-likeness (QED) is 0.179. The first kappa shape index (κ1) is 32.0. The lowest BCUT2D eigenvalue weighted by Crippen LogP contribution is -2.34. The maximum absolute atomic E-state index is 4.06. The van der Waals surface area contributed by atoms with E-state index in [1.165, 1.54) is 88.3 Å². The van der Waals surface area contributed by atoms with Gasteiger partial charge in [0, 0.05) is 5.92 Å². The Labute approximate surface area is 298 Å². The Kier molecular flexibility index (Phi) is 7.68. The molecule has 2 aliphatic rings. The van der Waals surface area contributed by atoms with Gasteiger partial charge in [-0.3, -0.25) is 0 Å². The molecule has 8 rings (SSSR count). The van der Waals surface area contributed by atoms with Crippen molar-refractivity contribution >= 4 is 17.7 Å². The fourth-order valence-electron chi connectivity index (χ4n) is 8.32.